The van der Waals surface area contributed by atoms with Gasteiger partial charge in [-0.3, -0.25) is 4.79 Å². The van der Waals surface area contributed by atoms with Crippen LogP contribution in [0.5, 0.6) is 0 Å². The lowest BCUT2D eigenvalue weighted by Crippen LogP contribution is -2.26. The van der Waals surface area contributed by atoms with E-state index in [1.54, 1.807) is 12.3 Å². The molecule has 0 radical (unpaired) electrons. The highest BCUT2D eigenvalue weighted by atomic mass is 35.5. The summed E-state index contributed by atoms with van der Waals surface area (Å²) in [5.41, 5.74) is 1.17. The summed E-state index contributed by atoms with van der Waals surface area (Å²) >= 11 is 5.94. The summed E-state index contributed by atoms with van der Waals surface area (Å²) in [7, 11) is 0. The van der Waals surface area contributed by atoms with Crippen molar-refractivity contribution in [2.75, 3.05) is 5.32 Å². The Labute approximate surface area is 134 Å². The number of halogens is 2. The predicted octanol–water partition coefficient (Wildman–Crippen LogP) is 2.70. The number of aromatic amines is 1. The van der Waals surface area contributed by atoms with E-state index in [0.29, 0.717) is 21.6 Å². The van der Waals surface area contributed by atoms with Crippen LogP contribution in [0.25, 0.3) is 22.4 Å². The normalized spacial score (nSPS) is 12.3. The molecule has 3 rings (SSSR count). The van der Waals surface area contributed by atoms with Crippen LogP contribution in [0, 0.1) is 5.82 Å². The van der Waals surface area contributed by atoms with Gasteiger partial charge in [-0.05, 0) is 13.0 Å². The molecule has 9 heteroatoms. The fraction of sp³-hybridized carbons (Fsp3) is 0.143. The van der Waals surface area contributed by atoms with Gasteiger partial charge in [0.1, 0.15) is 11.7 Å². The Morgan fingerprint density at radius 1 is 1.43 bits per heavy atom. The lowest BCUT2D eigenvalue weighted by molar-refractivity contribution is -0.137. The van der Waals surface area contributed by atoms with Crippen molar-refractivity contribution in [3.8, 4) is 11.4 Å². The third-order valence-electron chi connectivity index (χ3n) is 3.21. The quantitative estimate of drug-likeness (QED) is 0.677. The number of carbonyl (C=O) groups is 1. The van der Waals surface area contributed by atoms with Gasteiger partial charge < -0.3 is 15.4 Å². The number of aromatic nitrogens is 4. The standard InChI is InChI=1S/C14H11ClFN5O2/c1-6(14(22)23)20-13-10(16)5-19-12(21-13)9-4-18-11-8(9)2-7(15)3-17-11/h2-6H,1H3,(H,17,18)(H,22,23)(H,19,20,21)/t6-/m0/s1. The zero-order chi connectivity index (χ0) is 16.6. The zero-order valence-corrected chi connectivity index (χ0v) is 12.6. The van der Waals surface area contributed by atoms with E-state index in [-0.39, 0.29) is 11.6 Å². The number of nitrogens with zero attached hydrogens (tertiary/aromatic N) is 3. The fourth-order valence-corrected chi connectivity index (χ4v) is 2.19. The number of anilines is 1. The van der Waals surface area contributed by atoms with Crippen molar-refractivity contribution >= 4 is 34.4 Å². The summed E-state index contributed by atoms with van der Waals surface area (Å²) in [6, 6.07) is 0.696. The molecule has 3 aromatic rings. The average Bonchev–Trinajstić information content (AvgIpc) is 2.92. The van der Waals surface area contributed by atoms with Crippen molar-refractivity contribution in [2.24, 2.45) is 0 Å². The van der Waals surface area contributed by atoms with Gasteiger partial charge in [0.05, 0.1) is 11.2 Å². The number of aliphatic carboxylic acids is 1. The third kappa shape index (κ3) is 2.93. The van der Waals surface area contributed by atoms with Gasteiger partial charge in [0.2, 0.25) is 0 Å². The molecule has 0 fully saturated rings. The Balaban J connectivity index is 2.05. The van der Waals surface area contributed by atoms with Crippen LogP contribution in [0.15, 0.2) is 24.7 Å². The maximum atomic E-state index is 13.8. The molecule has 3 N–H and O–H groups in total. The molecular weight excluding hydrogens is 325 g/mol. The van der Waals surface area contributed by atoms with Crippen LogP contribution in [0.1, 0.15) is 6.92 Å². The van der Waals surface area contributed by atoms with Crippen LogP contribution in [0.3, 0.4) is 0 Å². The molecule has 0 aromatic carbocycles. The summed E-state index contributed by atoms with van der Waals surface area (Å²) < 4.78 is 13.8. The van der Waals surface area contributed by atoms with Gasteiger partial charge in [-0.2, -0.15) is 0 Å². The number of nitrogens with one attached hydrogen (secondary N) is 2. The first kappa shape index (κ1) is 15.2. The lowest BCUT2D eigenvalue weighted by Gasteiger charge is -2.11. The van der Waals surface area contributed by atoms with Crippen molar-refractivity contribution < 1.29 is 14.3 Å². The molecular formula is C14H11ClFN5O2. The second-order valence-corrected chi connectivity index (χ2v) is 5.28. The van der Waals surface area contributed by atoms with Gasteiger partial charge in [-0.1, -0.05) is 11.6 Å². The van der Waals surface area contributed by atoms with Gasteiger partial charge in [0.25, 0.3) is 0 Å². The van der Waals surface area contributed by atoms with Crippen LogP contribution >= 0.6 is 11.6 Å². The molecule has 0 amide bonds. The first-order valence-electron chi connectivity index (χ1n) is 6.60. The van der Waals surface area contributed by atoms with Crippen molar-refractivity contribution in [3.05, 3.63) is 35.5 Å². The number of hydrogen-bond donors (Lipinski definition) is 3. The highest BCUT2D eigenvalue weighted by Gasteiger charge is 2.17. The SMILES string of the molecule is C[C@H](Nc1nc(-c2c[nH]c3ncc(Cl)cc23)ncc1F)C(=O)O. The summed E-state index contributed by atoms with van der Waals surface area (Å²) in [4.78, 5) is 26.0. The molecule has 3 aromatic heterocycles. The van der Waals surface area contributed by atoms with Crippen LogP contribution < -0.4 is 5.32 Å². The first-order valence-corrected chi connectivity index (χ1v) is 6.98. The lowest BCUT2D eigenvalue weighted by atomic mass is 10.2. The second-order valence-electron chi connectivity index (χ2n) is 4.85. The molecule has 0 aliphatic heterocycles. The van der Waals surface area contributed by atoms with Crippen molar-refractivity contribution in [1.29, 1.82) is 0 Å². The Bertz CT molecular complexity index is 898. The number of carboxylic acid groups (broad SMARTS) is 1. The predicted molar refractivity (Wildman–Crippen MR) is 82.8 cm³/mol. The maximum absolute atomic E-state index is 13.8. The molecule has 0 bridgehead atoms. The second kappa shape index (κ2) is 5.81. The number of pyridine rings is 1. The minimum absolute atomic E-state index is 0.186. The average molecular weight is 336 g/mol. The van der Waals surface area contributed by atoms with Gasteiger partial charge in [0.15, 0.2) is 17.5 Å². The molecule has 0 spiro atoms. The van der Waals surface area contributed by atoms with Crippen molar-refractivity contribution in [2.45, 2.75) is 13.0 Å². The number of fused-ring (bicyclic) bond motifs is 1. The molecule has 1 atom stereocenters. The molecule has 3 heterocycles. The van der Waals surface area contributed by atoms with Crippen LogP contribution in [0.4, 0.5) is 10.2 Å². The number of rotatable bonds is 4. The van der Waals surface area contributed by atoms with E-state index in [1.165, 1.54) is 13.1 Å². The Morgan fingerprint density at radius 2 is 2.22 bits per heavy atom. The summed E-state index contributed by atoms with van der Waals surface area (Å²) in [6.45, 7) is 1.39. The van der Waals surface area contributed by atoms with Crippen LogP contribution in [-0.4, -0.2) is 37.1 Å². The molecule has 0 unspecified atom stereocenters. The highest BCUT2D eigenvalue weighted by molar-refractivity contribution is 6.31. The van der Waals surface area contributed by atoms with Crippen molar-refractivity contribution in [1.82, 2.24) is 19.9 Å². The van der Waals surface area contributed by atoms with Gasteiger partial charge in [0, 0.05) is 23.3 Å². The Morgan fingerprint density at radius 3 is 2.96 bits per heavy atom. The molecule has 0 aliphatic rings. The highest BCUT2D eigenvalue weighted by Crippen LogP contribution is 2.28. The minimum atomic E-state index is -1.12. The molecule has 23 heavy (non-hydrogen) atoms. The number of H-pyrrole nitrogens is 1. The minimum Gasteiger partial charge on any atom is -0.480 e. The van der Waals surface area contributed by atoms with E-state index >= 15 is 0 Å². The molecule has 0 saturated carbocycles. The van der Waals surface area contributed by atoms with E-state index < -0.39 is 17.8 Å². The largest absolute Gasteiger partial charge is 0.480 e. The maximum Gasteiger partial charge on any atom is 0.325 e. The van der Waals surface area contributed by atoms with E-state index in [2.05, 4.69) is 25.3 Å². The number of hydrogen-bond acceptors (Lipinski definition) is 5. The summed E-state index contributed by atoms with van der Waals surface area (Å²) in [5.74, 6) is -1.82. The molecule has 7 nitrogen and oxygen atoms in total. The summed E-state index contributed by atoms with van der Waals surface area (Å²) in [5, 5.41) is 12.5. The Hall–Kier alpha value is -2.74. The van der Waals surface area contributed by atoms with Crippen molar-refractivity contribution in [3.63, 3.8) is 0 Å². The monoisotopic (exact) mass is 335 g/mol. The molecule has 118 valence electrons. The van der Waals surface area contributed by atoms with E-state index in [0.717, 1.165) is 6.20 Å². The van der Waals surface area contributed by atoms with Gasteiger partial charge in [-0.15, -0.1) is 0 Å². The van der Waals surface area contributed by atoms with Gasteiger partial charge in [-0.25, -0.2) is 19.3 Å². The third-order valence-corrected chi connectivity index (χ3v) is 3.41. The number of carboxylic acids is 1. The molecule has 0 aliphatic carbocycles. The topological polar surface area (TPSA) is 104 Å². The summed E-state index contributed by atoms with van der Waals surface area (Å²) in [6.07, 6.45) is 4.11. The first-order chi connectivity index (χ1) is 11.0. The van der Waals surface area contributed by atoms with E-state index in [9.17, 15) is 9.18 Å². The van der Waals surface area contributed by atoms with Crippen LogP contribution in [-0.2, 0) is 4.79 Å². The Kier molecular flexibility index (Phi) is 3.83. The molecule has 0 saturated heterocycles. The van der Waals surface area contributed by atoms with E-state index in [1.807, 2.05) is 0 Å². The fourth-order valence-electron chi connectivity index (χ4n) is 2.03. The zero-order valence-electron chi connectivity index (χ0n) is 11.8. The van der Waals surface area contributed by atoms with E-state index in [4.69, 9.17) is 16.7 Å². The smallest absolute Gasteiger partial charge is 0.325 e. The van der Waals surface area contributed by atoms with Gasteiger partial charge >= 0.3 is 5.97 Å². The van der Waals surface area contributed by atoms with Crippen LogP contribution in [0.2, 0.25) is 5.02 Å².